The van der Waals surface area contributed by atoms with E-state index in [1.807, 2.05) is 48.7 Å². The Labute approximate surface area is 160 Å². The second-order valence-electron chi connectivity index (χ2n) is 6.49. The predicted octanol–water partition coefficient (Wildman–Crippen LogP) is 4.64. The Kier molecular flexibility index (Phi) is 6.58. The van der Waals surface area contributed by atoms with Crippen LogP contribution in [-0.2, 0) is 6.42 Å². The van der Waals surface area contributed by atoms with Crippen molar-refractivity contribution in [1.29, 1.82) is 0 Å². The van der Waals surface area contributed by atoms with Gasteiger partial charge < -0.3 is 10.5 Å². The number of carbonyl (C=O) groups is 1. The average molecular weight is 360 g/mol. The molecule has 4 nitrogen and oxygen atoms in total. The number of benzene rings is 2. The van der Waals surface area contributed by atoms with E-state index in [1.165, 1.54) is 5.56 Å². The summed E-state index contributed by atoms with van der Waals surface area (Å²) < 4.78 is 5.82. The van der Waals surface area contributed by atoms with Crippen LogP contribution in [0.3, 0.4) is 0 Å². The molecule has 0 spiro atoms. The zero-order valence-electron chi connectivity index (χ0n) is 15.3. The zero-order valence-corrected chi connectivity index (χ0v) is 15.3. The summed E-state index contributed by atoms with van der Waals surface area (Å²) in [7, 11) is 0. The topological polar surface area (TPSA) is 65.2 Å². The highest BCUT2D eigenvalue weighted by molar-refractivity contribution is 5.94. The van der Waals surface area contributed by atoms with Crippen LogP contribution in [0.1, 0.15) is 35.2 Å². The van der Waals surface area contributed by atoms with Gasteiger partial charge in [0.25, 0.3) is 0 Å². The van der Waals surface area contributed by atoms with Gasteiger partial charge in [-0.05, 0) is 72.7 Å². The number of aryl methyl sites for hydroxylation is 1. The van der Waals surface area contributed by atoms with E-state index in [1.54, 1.807) is 18.3 Å². The number of hydrogen-bond donors (Lipinski definition) is 1. The van der Waals surface area contributed by atoms with Crippen LogP contribution >= 0.6 is 0 Å². The molecule has 1 aromatic heterocycles. The minimum absolute atomic E-state index is 0.416. The molecule has 138 valence electrons. The molecule has 27 heavy (non-hydrogen) atoms. The second kappa shape index (κ2) is 9.53. The molecule has 0 aliphatic heterocycles. The molecule has 4 heteroatoms. The first-order valence-electron chi connectivity index (χ1n) is 9.24. The highest BCUT2D eigenvalue weighted by atomic mass is 16.5. The van der Waals surface area contributed by atoms with Crippen LogP contribution in [0.25, 0.3) is 11.1 Å². The van der Waals surface area contributed by atoms with Crippen molar-refractivity contribution in [3.05, 3.63) is 84.2 Å². The monoisotopic (exact) mass is 360 g/mol. The summed E-state index contributed by atoms with van der Waals surface area (Å²) in [5.74, 6) is 0.442. The Morgan fingerprint density at radius 2 is 1.78 bits per heavy atom. The Balaban J connectivity index is 1.43. The van der Waals surface area contributed by atoms with Crippen molar-refractivity contribution in [2.45, 2.75) is 25.7 Å². The van der Waals surface area contributed by atoms with E-state index in [9.17, 15) is 4.79 Å². The number of aromatic nitrogens is 1. The molecule has 0 fully saturated rings. The molecular formula is C23H24N2O2. The smallest absolute Gasteiger partial charge is 0.248 e. The number of nitrogens with two attached hydrogens (primary N) is 1. The highest BCUT2D eigenvalue weighted by Gasteiger charge is 2.04. The van der Waals surface area contributed by atoms with E-state index in [-0.39, 0.29) is 0 Å². The molecule has 0 aliphatic rings. The predicted molar refractivity (Wildman–Crippen MR) is 108 cm³/mol. The fraction of sp³-hybridized carbons (Fsp3) is 0.217. The van der Waals surface area contributed by atoms with Crippen LogP contribution in [0.4, 0.5) is 0 Å². The van der Waals surface area contributed by atoms with E-state index in [0.29, 0.717) is 12.2 Å². The molecule has 1 heterocycles. The maximum absolute atomic E-state index is 11.3. The maximum Gasteiger partial charge on any atom is 0.248 e. The van der Waals surface area contributed by atoms with Crippen molar-refractivity contribution in [2.24, 2.45) is 5.73 Å². The summed E-state index contributed by atoms with van der Waals surface area (Å²) in [4.78, 5) is 15.4. The van der Waals surface area contributed by atoms with Crippen LogP contribution < -0.4 is 10.5 Å². The Bertz CT molecular complexity index is 861. The fourth-order valence-corrected chi connectivity index (χ4v) is 2.94. The van der Waals surface area contributed by atoms with Gasteiger partial charge in [-0.25, -0.2) is 0 Å². The van der Waals surface area contributed by atoms with Crippen molar-refractivity contribution < 1.29 is 9.53 Å². The number of primary amides is 1. The lowest BCUT2D eigenvalue weighted by Crippen LogP contribution is -2.10. The largest absolute Gasteiger partial charge is 0.494 e. The first-order valence-corrected chi connectivity index (χ1v) is 9.24. The summed E-state index contributed by atoms with van der Waals surface area (Å²) in [5, 5.41) is 0. The minimum atomic E-state index is -0.416. The van der Waals surface area contributed by atoms with Gasteiger partial charge in [-0.2, -0.15) is 0 Å². The van der Waals surface area contributed by atoms with Gasteiger partial charge in [0.1, 0.15) is 5.75 Å². The number of amides is 1. The first kappa shape index (κ1) is 18.6. The Morgan fingerprint density at radius 3 is 2.52 bits per heavy atom. The molecule has 2 aromatic carbocycles. The molecular weight excluding hydrogens is 336 g/mol. The molecule has 0 radical (unpaired) electrons. The average Bonchev–Trinajstić information content (AvgIpc) is 2.72. The maximum atomic E-state index is 11.3. The van der Waals surface area contributed by atoms with Crippen LogP contribution in [0.15, 0.2) is 73.1 Å². The van der Waals surface area contributed by atoms with Gasteiger partial charge in [-0.3, -0.25) is 9.78 Å². The van der Waals surface area contributed by atoms with Crippen molar-refractivity contribution >= 4 is 5.91 Å². The van der Waals surface area contributed by atoms with Crippen LogP contribution in [0, 0.1) is 0 Å². The van der Waals surface area contributed by atoms with Gasteiger partial charge in [0.2, 0.25) is 5.91 Å². The van der Waals surface area contributed by atoms with Crippen molar-refractivity contribution in [1.82, 2.24) is 4.98 Å². The van der Waals surface area contributed by atoms with E-state index in [0.717, 1.165) is 42.6 Å². The summed E-state index contributed by atoms with van der Waals surface area (Å²) in [5.41, 5.74) is 9.14. The number of carbonyl (C=O) groups excluding carboxylic acids is 1. The zero-order chi connectivity index (χ0) is 18.9. The van der Waals surface area contributed by atoms with Crippen LogP contribution in [-0.4, -0.2) is 17.5 Å². The molecule has 0 aliphatic carbocycles. The quantitative estimate of drug-likeness (QED) is 0.565. The molecule has 2 N–H and O–H groups in total. The third-order valence-corrected chi connectivity index (χ3v) is 4.44. The lowest BCUT2D eigenvalue weighted by atomic mass is 10.0. The SMILES string of the molecule is NC(=O)c1cccc(-c2ccc(OCCCCCc3cccnc3)cc2)c1. The summed E-state index contributed by atoms with van der Waals surface area (Å²) in [6.45, 7) is 0.712. The fourth-order valence-electron chi connectivity index (χ4n) is 2.94. The lowest BCUT2D eigenvalue weighted by molar-refractivity contribution is 0.100. The van der Waals surface area contributed by atoms with Crippen LogP contribution in [0.2, 0.25) is 0 Å². The number of pyridine rings is 1. The molecule has 3 aromatic rings. The van der Waals surface area contributed by atoms with Gasteiger partial charge in [0, 0.05) is 18.0 Å². The minimum Gasteiger partial charge on any atom is -0.494 e. The number of nitrogens with zero attached hydrogens (tertiary/aromatic N) is 1. The third-order valence-electron chi connectivity index (χ3n) is 4.44. The Hall–Kier alpha value is -3.14. The summed E-state index contributed by atoms with van der Waals surface area (Å²) >= 11 is 0. The normalized spacial score (nSPS) is 10.5. The Morgan fingerprint density at radius 1 is 0.926 bits per heavy atom. The van der Waals surface area contributed by atoms with Gasteiger partial charge >= 0.3 is 0 Å². The molecule has 3 rings (SSSR count). The van der Waals surface area contributed by atoms with E-state index in [2.05, 4.69) is 11.1 Å². The van der Waals surface area contributed by atoms with Gasteiger partial charge in [-0.1, -0.05) is 30.3 Å². The summed E-state index contributed by atoms with van der Waals surface area (Å²) in [6, 6.07) is 19.3. The number of ether oxygens (including phenoxy) is 1. The number of hydrogen-bond acceptors (Lipinski definition) is 3. The van der Waals surface area contributed by atoms with Crippen molar-refractivity contribution in [2.75, 3.05) is 6.61 Å². The van der Waals surface area contributed by atoms with Crippen molar-refractivity contribution in [3.8, 4) is 16.9 Å². The van der Waals surface area contributed by atoms with Crippen molar-refractivity contribution in [3.63, 3.8) is 0 Å². The number of unbranched alkanes of at least 4 members (excludes halogenated alkanes) is 2. The number of rotatable bonds is 9. The standard InChI is InChI=1S/C23H24N2O2/c24-23(26)21-9-4-8-20(16-21)19-10-12-22(13-11-19)27-15-3-1-2-6-18-7-5-14-25-17-18/h4-5,7-14,16-17H,1-3,6,15H2,(H2,24,26). The first-order chi connectivity index (χ1) is 13.2. The molecule has 0 saturated heterocycles. The molecule has 1 amide bonds. The van der Waals surface area contributed by atoms with E-state index >= 15 is 0 Å². The highest BCUT2D eigenvalue weighted by Crippen LogP contribution is 2.23. The van der Waals surface area contributed by atoms with E-state index in [4.69, 9.17) is 10.5 Å². The molecule has 0 unspecified atom stereocenters. The molecule has 0 atom stereocenters. The van der Waals surface area contributed by atoms with Gasteiger partial charge in [-0.15, -0.1) is 0 Å². The van der Waals surface area contributed by atoms with E-state index < -0.39 is 5.91 Å². The summed E-state index contributed by atoms with van der Waals surface area (Å²) in [6.07, 6.45) is 8.10. The lowest BCUT2D eigenvalue weighted by Gasteiger charge is -2.08. The molecule has 0 bridgehead atoms. The van der Waals surface area contributed by atoms with Gasteiger partial charge in [0.15, 0.2) is 0 Å². The van der Waals surface area contributed by atoms with Gasteiger partial charge in [0.05, 0.1) is 6.61 Å². The second-order valence-corrected chi connectivity index (χ2v) is 6.49. The molecule has 0 saturated carbocycles. The third kappa shape index (κ3) is 5.68. The van der Waals surface area contributed by atoms with Crippen LogP contribution in [0.5, 0.6) is 5.75 Å².